The zero-order chi connectivity index (χ0) is 20.6. The number of rotatable bonds is 6. The molecule has 29 heavy (non-hydrogen) atoms. The third-order valence-electron chi connectivity index (χ3n) is 4.46. The van der Waals surface area contributed by atoms with Gasteiger partial charge in [0.2, 0.25) is 11.8 Å². The summed E-state index contributed by atoms with van der Waals surface area (Å²) >= 11 is 3.40. The third-order valence-corrected chi connectivity index (χ3v) is 4.95. The molecule has 2 aromatic rings. The Bertz CT molecular complexity index is 951. The smallest absolute Gasteiger partial charge is 0.227 e. The molecule has 0 spiro atoms. The summed E-state index contributed by atoms with van der Waals surface area (Å²) in [5.41, 5.74) is 0.785. The molecule has 2 amide bonds. The van der Waals surface area contributed by atoms with Gasteiger partial charge in [-0.2, -0.15) is 0 Å². The normalized spacial score (nSPS) is 15.4. The van der Waals surface area contributed by atoms with Gasteiger partial charge in [0.15, 0.2) is 11.5 Å². The molecule has 1 saturated heterocycles. The van der Waals surface area contributed by atoms with Crippen molar-refractivity contribution < 1.29 is 19.1 Å². The van der Waals surface area contributed by atoms with Crippen molar-refractivity contribution in [1.29, 1.82) is 0 Å². The van der Waals surface area contributed by atoms with Gasteiger partial charge in [-0.25, -0.2) is 0 Å². The number of anilines is 1. The van der Waals surface area contributed by atoms with Gasteiger partial charge in [0.1, 0.15) is 6.61 Å². The Kier molecular flexibility index (Phi) is 7.14. The van der Waals surface area contributed by atoms with E-state index < -0.39 is 0 Å². The van der Waals surface area contributed by atoms with Crippen LogP contribution in [0.5, 0.6) is 11.5 Å². The Balaban J connectivity index is 1.45. The summed E-state index contributed by atoms with van der Waals surface area (Å²) in [6.07, 6.45) is 0.197. The number of carbonyl (C=O) groups is 2. The molecule has 1 heterocycles. The second-order valence-electron chi connectivity index (χ2n) is 6.40. The van der Waals surface area contributed by atoms with Crippen LogP contribution < -0.4 is 19.7 Å². The Morgan fingerprint density at radius 3 is 2.76 bits per heavy atom. The lowest BCUT2D eigenvalue weighted by Crippen LogP contribution is -2.33. The van der Waals surface area contributed by atoms with E-state index in [1.165, 1.54) is 0 Å². The molecular weight excluding hydrogens is 436 g/mol. The van der Waals surface area contributed by atoms with Gasteiger partial charge in [-0.15, -0.1) is 0 Å². The first kappa shape index (κ1) is 20.7. The second-order valence-corrected chi connectivity index (χ2v) is 7.31. The molecule has 150 valence electrons. The lowest BCUT2D eigenvalue weighted by molar-refractivity contribution is -0.126. The average Bonchev–Trinajstić information content (AvgIpc) is 3.12. The van der Waals surface area contributed by atoms with Crippen LogP contribution in [0.15, 0.2) is 53.0 Å². The third kappa shape index (κ3) is 5.52. The highest BCUT2D eigenvalue weighted by molar-refractivity contribution is 9.10. The van der Waals surface area contributed by atoms with E-state index in [4.69, 9.17) is 9.47 Å². The van der Waals surface area contributed by atoms with Crippen LogP contribution in [0.3, 0.4) is 0 Å². The molecule has 0 aromatic heterocycles. The molecule has 7 heteroatoms. The largest absolute Gasteiger partial charge is 0.493 e. The van der Waals surface area contributed by atoms with Gasteiger partial charge in [0.05, 0.1) is 19.6 Å². The van der Waals surface area contributed by atoms with Gasteiger partial charge in [0.25, 0.3) is 0 Å². The summed E-state index contributed by atoms with van der Waals surface area (Å²) in [4.78, 5) is 26.3. The number of nitrogens with one attached hydrogen (secondary N) is 1. The van der Waals surface area contributed by atoms with Crippen molar-refractivity contribution in [2.75, 3.05) is 31.7 Å². The van der Waals surface area contributed by atoms with Crippen LogP contribution in [0.25, 0.3) is 0 Å². The molecule has 2 aromatic carbocycles. The van der Waals surface area contributed by atoms with Crippen molar-refractivity contribution in [1.82, 2.24) is 5.32 Å². The summed E-state index contributed by atoms with van der Waals surface area (Å²) in [7, 11) is 1.58. The highest BCUT2D eigenvalue weighted by atomic mass is 79.9. The van der Waals surface area contributed by atoms with E-state index in [1.54, 1.807) is 18.1 Å². The molecule has 3 rings (SSSR count). The first-order chi connectivity index (χ1) is 14.1. The molecule has 1 aliphatic rings. The van der Waals surface area contributed by atoms with Gasteiger partial charge in [0, 0.05) is 23.1 Å². The van der Waals surface area contributed by atoms with Crippen LogP contribution in [0.4, 0.5) is 5.69 Å². The highest BCUT2D eigenvalue weighted by Gasteiger charge is 2.34. The van der Waals surface area contributed by atoms with Crippen molar-refractivity contribution in [3.8, 4) is 23.3 Å². The van der Waals surface area contributed by atoms with E-state index in [1.807, 2.05) is 42.5 Å². The number of hydrogen-bond donors (Lipinski definition) is 1. The van der Waals surface area contributed by atoms with E-state index in [0.717, 1.165) is 10.2 Å². The van der Waals surface area contributed by atoms with Crippen LogP contribution in [-0.4, -0.2) is 38.6 Å². The maximum Gasteiger partial charge on any atom is 0.227 e. The topological polar surface area (TPSA) is 67.9 Å². The summed E-state index contributed by atoms with van der Waals surface area (Å²) < 4.78 is 11.6. The lowest BCUT2D eigenvalue weighted by atomic mass is 10.1. The van der Waals surface area contributed by atoms with Crippen LogP contribution in [0.1, 0.15) is 6.42 Å². The van der Waals surface area contributed by atoms with Crippen molar-refractivity contribution in [3.05, 3.63) is 53.0 Å². The van der Waals surface area contributed by atoms with Crippen LogP contribution in [-0.2, 0) is 9.59 Å². The number of hydrogen-bond acceptors (Lipinski definition) is 4. The Labute approximate surface area is 178 Å². The molecule has 6 nitrogen and oxygen atoms in total. The molecule has 1 N–H and O–H groups in total. The first-order valence-electron chi connectivity index (χ1n) is 9.13. The maximum atomic E-state index is 12.4. The van der Waals surface area contributed by atoms with Crippen molar-refractivity contribution >= 4 is 33.4 Å². The molecule has 1 fully saturated rings. The van der Waals surface area contributed by atoms with Gasteiger partial charge in [-0.3, -0.25) is 9.59 Å². The number of ether oxygens (including phenoxy) is 2. The first-order valence-corrected chi connectivity index (χ1v) is 9.93. The molecule has 0 aliphatic carbocycles. The minimum Gasteiger partial charge on any atom is -0.493 e. The molecule has 0 radical (unpaired) electrons. The zero-order valence-electron chi connectivity index (χ0n) is 16.0. The Morgan fingerprint density at radius 1 is 1.21 bits per heavy atom. The zero-order valence-corrected chi connectivity index (χ0v) is 17.6. The number of amides is 2. The van der Waals surface area contributed by atoms with E-state index in [0.29, 0.717) is 18.0 Å². The fourth-order valence-corrected chi connectivity index (χ4v) is 3.40. The van der Waals surface area contributed by atoms with Gasteiger partial charge >= 0.3 is 0 Å². The summed E-state index contributed by atoms with van der Waals surface area (Å²) in [6.45, 7) is 0.760. The number of nitrogens with zero attached hydrogens (tertiary/aromatic N) is 1. The Morgan fingerprint density at radius 2 is 2.00 bits per heavy atom. The predicted molar refractivity (Wildman–Crippen MR) is 114 cm³/mol. The van der Waals surface area contributed by atoms with Gasteiger partial charge < -0.3 is 19.7 Å². The number of halogens is 1. The minimum atomic E-state index is -0.381. The molecule has 0 saturated carbocycles. The SMILES string of the molecule is COc1ccccc1OCC#CCNC(=O)C1CC(=O)N(c2cccc(Br)c2)C1. The van der Waals surface area contributed by atoms with Crippen molar-refractivity contribution in [2.24, 2.45) is 5.92 Å². The van der Waals surface area contributed by atoms with Gasteiger partial charge in [-0.05, 0) is 30.3 Å². The monoisotopic (exact) mass is 456 g/mol. The number of methoxy groups -OCH3 is 1. The van der Waals surface area contributed by atoms with Crippen LogP contribution >= 0.6 is 15.9 Å². The van der Waals surface area contributed by atoms with E-state index in [9.17, 15) is 9.59 Å². The predicted octanol–water partition coefficient (Wildman–Crippen LogP) is 3.01. The summed E-state index contributed by atoms with van der Waals surface area (Å²) in [5.74, 6) is 6.36. The number of carbonyl (C=O) groups excluding carboxylic acids is 2. The van der Waals surface area contributed by atoms with E-state index in [2.05, 4.69) is 33.1 Å². The van der Waals surface area contributed by atoms with Crippen molar-refractivity contribution in [3.63, 3.8) is 0 Å². The van der Waals surface area contributed by atoms with Crippen LogP contribution in [0, 0.1) is 17.8 Å². The molecule has 0 bridgehead atoms. The highest BCUT2D eigenvalue weighted by Crippen LogP contribution is 2.27. The standard InChI is InChI=1S/C22H21BrN2O4/c1-28-19-9-2-3-10-20(19)29-12-5-4-11-24-22(27)16-13-21(26)25(15-16)18-8-6-7-17(23)14-18/h2-3,6-10,14,16H,11-13,15H2,1H3,(H,24,27). The number of benzene rings is 2. The molecule has 1 atom stereocenters. The summed E-state index contributed by atoms with van der Waals surface area (Å²) in [5, 5.41) is 2.77. The summed E-state index contributed by atoms with van der Waals surface area (Å²) in [6, 6.07) is 14.8. The average molecular weight is 457 g/mol. The fourth-order valence-electron chi connectivity index (χ4n) is 3.02. The van der Waals surface area contributed by atoms with Crippen LogP contribution in [0.2, 0.25) is 0 Å². The van der Waals surface area contributed by atoms with E-state index in [-0.39, 0.29) is 37.3 Å². The minimum absolute atomic E-state index is 0.0560. The molecular formula is C22H21BrN2O4. The molecule has 1 aliphatic heterocycles. The second kappa shape index (κ2) is 9.99. The van der Waals surface area contributed by atoms with Crippen molar-refractivity contribution in [2.45, 2.75) is 6.42 Å². The fraction of sp³-hybridized carbons (Fsp3) is 0.273. The maximum absolute atomic E-state index is 12.4. The van der Waals surface area contributed by atoms with E-state index >= 15 is 0 Å². The quantitative estimate of drug-likeness (QED) is 0.678. The Hall–Kier alpha value is -2.98. The number of para-hydroxylation sites is 2. The molecule has 1 unspecified atom stereocenters. The lowest BCUT2D eigenvalue weighted by Gasteiger charge is -2.16. The van der Waals surface area contributed by atoms with Gasteiger partial charge in [-0.1, -0.05) is 46.0 Å².